The summed E-state index contributed by atoms with van der Waals surface area (Å²) >= 11 is 3.61. The van der Waals surface area contributed by atoms with Crippen LogP contribution in [0.3, 0.4) is 0 Å². The summed E-state index contributed by atoms with van der Waals surface area (Å²) in [7, 11) is 0. The molecule has 1 unspecified atom stereocenters. The average Bonchev–Trinajstić information content (AvgIpc) is 1.86. The van der Waals surface area contributed by atoms with Crippen molar-refractivity contribution in [3.05, 3.63) is 24.0 Å². The highest BCUT2D eigenvalue weighted by atomic mass is 79.9. The molecule has 0 fully saturated rings. The van der Waals surface area contributed by atoms with Crippen LogP contribution in [-0.4, -0.2) is 9.43 Å². The van der Waals surface area contributed by atoms with Gasteiger partial charge in [-0.3, -0.25) is 0 Å². The number of rotatable bonds is 1. The lowest BCUT2D eigenvalue weighted by molar-refractivity contribution is 0.354. The fourth-order valence-electron chi connectivity index (χ4n) is 1.11. The standard InChI is InChI=1S/C9H13BrO/c1-7(2)9(10)5-3-4-8(11)6-9/h3-5,7,11H,6H2,1-2H3. The maximum absolute atomic E-state index is 9.27. The Balaban J connectivity index is 2.78. The van der Waals surface area contributed by atoms with Gasteiger partial charge in [0.15, 0.2) is 0 Å². The Morgan fingerprint density at radius 2 is 2.27 bits per heavy atom. The molecule has 1 atom stereocenters. The van der Waals surface area contributed by atoms with E-state index in [1.54, 1.807) is 6.08 Å². The van der Waals surface area contributed by atoms with Crippen LogP contribution in [0.1, 0.15) is 20.3 Å². The Morgan fingerprint density at radius 3 is 2.64 bits per heavy atom. The second kappa shape index (κ2) is 3.02. The quantitative estimate of drug-likeness (QED) is 0.668. The average molecular weight is 217 g/mol. The Hall–Kier alpha value is -0.240. The first-order valence-corrected chi connectivity index (χ1v) is 4.60. The maximum Gasteiger partial charge on any atom is 0.0939 e. The lowest BCUT2D eigenvalue weighted by Gasteiger charge is -2.29. The van der Waals surface area contributed by atoms with Gasteiger partial charge in [0, 0.05) is 6.42 Å². The van der Waals surface area contributed by atoms with Gasteiger partial charge in [0.05, 0.1) is 10.1 Å². The Kier molecular flexibility index (Phi) is 2.43. The van der Waals surface area contributed by atoms with Crippen molar-refractivity contribution in [3.63, 3.8) is 0 Å². The summed E-state index contributed by atoms with van der Waals surface area (Å²) in [5.41, 5.74) is 0. The van der Waals surface area contributed by atoms with Gasteiger partial charge in [-0.2, -0.15) is 0 Å². The van der Waals surface area contributed by atoms with Crippen molar-refractivity contribution < 1.29 is 5.11 Å². The van der Waals surface area contributed by atoms with Crippen molar-refractivity contribution in [2.24, 2.45) is 5.92 Å². The van der Waals surface area contributed by atoms with E-state index >= 15 is 0 Å². The highest BCUT2D eigenvalue weighted by Crippen LogP contribution is 2.37. The largest absolute Gasteiger partial charge is 0.512 e. The highest BCUT2D eigenvalue weighted by molar-refractivity contribution is 9.10. The van der Waals surface area contributed by atoms with Crippen molar-refractivity contribution in [3.8, 4) is 0 Å². The summed E-state index contributed by atoms with van der Waals surface area (Å²) in [6.45, 7) is 4.27. The van der Waals surface area contributed by atoms with Crippen LogP contribution in [0.25, 0.3) is 0 Å². The van der Waals surface area contributed by atoms with Crippen LogP contribution in [0.15, 0.2) is 24.0 Å². The molecule has 0 spiro atoms. The summed E-state index contributed by atoms with van der Waals surface area (Å²) in [5, 5.41) is 9.27. The van der Waals surface area contributed by atoms with Crippen LogP contribution in [0.2, 0.25) is 0 Å². The van der Waals surface area contributed by atoms with Gasteiger partial charge >= 0.3 is 0 Å². The second-order valence-electron chi connectivity index (χ2n) is 3.28. The van der Waals surface area contributed by atoms with Gasteiger partial charge in [0.25, 0.3) is 0 Å². The first-order chi connectivity index (χ1) is 5.04. The van der Waals surface area contributed by atoms with Gasteiger partial charge in [-0.05, 0) is 12.0 Å². The molecular weight excluding hydrogens is 204 g/mol. The number of allylic oxidation sites excluding steroid dienone is 4. The van der Waals surface area contributed by atoms with Crippen molar-refractivity contribution in [1.82, 2.24) is 0 Å². The number of aliphatic hydroxyl groups is 1. The molecule has 1 aliphatic carbocycles. The molecule has 2 heteroatoms. The SMILES string of the molecule is CC(C)C1(Br)C=CC=C(O)C1. The molecule has 0 radical (unpaired) electrons. The zero-order valence-electron chi connectivity index (χ0n) is 6.84. The molecule has 0 bridgehead atoms. The van der Waals surface area contributed by atoms with Crippen LogP contribution in [0, 0.1) is 5.92 Å². The van der Waals surface area contributed by atoms with E-state index in [0.717, 1.165) is 0 Å². The molecule has 0 saturated heterocycles. The zero-order valence-corrected chi connectivity index (χ0v) is 8.43. The zero-order chi connectivity index (χ0) is 8.48. The highest BCUT2D eigenvalue weighted by Gasteiger charge is 2.30. The number of hydrogen-bond donors (Lipinski definition) is 1. The minimum atomic E-state index is -0.0359. The molecule has 1 rings (SSSR count). The summed E-state index contributed by atoms with van der Waals surface area (Å²) in [6, 6.07) is 0. The summed E-state index contributed by atoms with van der Waals surface area (Å²) in [4.78, 5) is 0. The maximum atomic E-state index is 9.27. The molecule has 1 aliphatic rings. The molecule has 0 aromatic rings. The van der Waals surface area contributed by atoms with Crippen molar-refractivity contribution >= 4 is 15.9 Å². The molecule has 1 N–H and O–H groups in total. The van der Waals surface area contributed by atoms with Gasteiger partial charge in [0.2, 0.25) is 0 Å². The van der Waals surface area contributed by atoms with E-state index in [0.29, 0.717) is 18.1 Å². The van der Waals surface area contributed by atoms with E-state index in [1.165, 1.54) is 0 Å². The van der Waals surface area contributed by atoms with E-state index in [-0.39, 0.29) is 4.32 Å². The van der Waals surface area contributed by atoms with Gasteiger partial charge in [-0.1, -0.05) is 41.9 Å². The van der Waals surface area contributed by atoms with Gasteiger partial charge in [-0.15, -0.1) is 0 Å². The third-order valence-corrected chi connectivity index (χ3v) is 3.53. The van der Waals surface area contributed by atoms with Crippen molar-refractivity contribution in [2.75, 3.05) is 0 Å². The monoisotopic (exact) mass is 216 g/mol. The number of aliphatic hydroxyl groups excluding tert-OH is 1. The third-order valence-electron chi connectivity index (χ3n) is 2.07. The van der Waals surface area contributed by atoms with E-state index < -0.39 is 0 Å². The minimum absolute atomic E-state index is 0.0359. The topological polar surface area (TPSA) is 20.2 Å². The first kappa shape index (κ1) is 8.85. The van der Waals surface area contributed by atoms with E-state index in [9.17, 15) is 5.11 Å². The predicted molar refractivity (Wildman–Crippen MR) is 51.0 cm³/mol. The molecule has 11 heavy (non-hydrogen) atoms. The number of alkyl halides is 1. The van der Waals surface area contributed by atoms with Crippen molar-refractivity contribution in [2.45, 2.75) is 24.6 Å². The first-order valence-electron chi connectivity index (χ1n) is 3.81. The lowest BCUT2D eigenvalue weighted by atomic mass is 9.88. The molecule has 0 heterocycles. The van der Waals surface area contributed by atoms with Gasteiger partial charge in [-0.25, -0.2) is 0 Å². The van der Waals surface area contributed by atoms with E-state index in [2.05, 4.69) is 35.9 Å². The molecular formula is C9H13BrO. The smallest absolute Gasteiger partial charge is 0.0939 e. The van der Waals surface area contributed by atoms with Crippen LogP contribution < -0.4 is 0 Å². The molecule has 62 valence electrons. The number of hydrogen-bond acceptors (Lipinski definition) is 1. The van der Waals surface area contributed by atoms with Gasteiger partial charge < -0.3 is 5.11 Å². The van der Waals surface area contributed by atoms with Crippen LogP contribution >= 0.6 is 15.9 Å². The summed E-state index contributed by atoms with van der Waals surface area (Å²) in [6.07, 6.45) is 6.42. The molecule has 0 amide bonds. The molecule has 0 aromatic heterocycles. The van der Waals surface area contributed by atoms with E-state index in [1.807, 2.05) is 6.08 Å². The minimum Gasteiger partial charge on any atom is -0.512 e. The molecule has 0 saturated carbocycles. The number of halogens is 1. The molecule has 1 nitrogen and oxygen atoms in total. The summed E-state index contributed by atoms with van der Waals surface area (Å²) in [5.74, 6) is 0.952. The predicted octanol–water partition coefficient (Wildman–Crippen LogP) is 3.18. The summed E-state index contributed by atoms with van der Waals surface area (Å²) < 4.78 is -0.0359. The Bertz CT molecular complexity index is 206. The Morgan fingerprint density at radius 1 is 1.64 bits per heavy atom. The van der Waals surface area contributed by atoms with Crippen LogP contribution in [0.5, 0.6) is 0 Å². The van der Waals surface area contributed by atoms with Crippen LogP contribution in [-0.2, 0) is 0 Å². The van der Waals surface area contributed by atoms with Gasteiger partial charge in [0.1, 0.15) is 0 Å². The fraction of sp³-hybridized carbons (Fsp3) is 0.556. The lowest BCUT2D eigenvalue weighted by Crippen LogP contribution is -2.27. The fourth-order valence-corrected chi connectivity index (χ4v) is 1.55. The van der Waals surface area contributed by atoms with Crippen LogP contribution in [0.4, 0.5) is 0 Å². The molecule has 0 aliphatic heterocycles. The molecule has 0 aromatic carbocycles. The Labute approximate surface area is 75.9 Å². The second-order valence-corrected chi connectivity index (χ2v) is 4.75. The normalized spacial score (nSPS) is 30.7. The van der Waals surface area contributed by atoms with E-state index in [4.69, 9.17) is 0 Å². The van der Waals surface area contributed by atoms with Crippen molar-refractivity contribution in [1.29, 1.82) is 0 Å². The third kappa shape index (κ3) is 1.86.